The van der Waals surface area contributed by atoms with E-state index in [9.17, 15) is 4.79 Å². The van der Waals surface area contributed by atoms with E-state index < -0.39 is 5.91 Å². The summed E-state index contributed by atoms with van der Waals surface area (Å²) >= 11 is 0. The Kier molecular flexibility index (Phi) is 2.38. The summed E-state index contributed by atoms with van der Waals surface area (Å²) < 4.78 is 0. The maximum Gasteiger partial charge on any atom is 0.269 e. The van der Waals surface area contributed by atoms with Gasteiger partial charge in [-0.25, -0.2) is 0 Å². The Morgan fingerprint density at radius 3 is 2.67 bits per heavy atom. The molecule has 0 aliphatic heterocycles. The van der Waals surface area contributed by atoms with Gasteiger partial charge in [-0.05, 0) is 17.5 Å². The zero-order valence-corrected chi connectivity index (χ0v) is 7.11. The number of hydrogen-bond donors (Lipinski definition) is 1. The van der Waals surface area contributed by atoms with Gasteiger partial charge >= 0.3 is 0 Å². The molecule has 0 saturated carbocycles. The first kappa shape index (κ1) is 8.64. The van der Waals surface area contributed by atoms with Crippen LogP contribution < -0.4 is 5.73 Å². The Balaban J connectivity index is 3.17. The highest BCUT2D eigenvalue weighted by Crippen LogP contribution is 2.15. The summed E-state index contributed by atoms with van der Waals surface area (Å²) in [6.45, 7) is 3.95. The van der Waals surface area contributed by atoms with E-state index in [4.69, 9.17) is 5.73 Å². The molecule has 0 fully saturated rings. The van der Waals surface area contributed by atoms with Gasteiger partial charge in [0.05, 0.1) is 0 Å². The second kappa shape index (κ2) is 3.30. The highest BCUT2D eigenvalue weighted by atomic mass is 16.1. The number of rotatable bonds is 2. The van der Waals surface area contributed by atoms with Crippen molar-refractivity contribution < 1.29 is 4.79 Å². The zero-order chi connectivity index (χ0) is 9.14. The van der Waals surface area contributed by atoms with E-state index in [-0.39, 0.29) is 11.6 Å². The highest BCUT2D eigenvalue weighted by molar-refractivity contribution is 5.92. The van der Waals surface area contributed by atoms with Crippen LogP contribution in [0.15, 0.2) is 12.3 Å². The van der Waals surface area contributed by atoms with E-state index in [0.717, 1.165) is 5.56 Å². The van der Waals surface area contributed by atoms with Gasteiger partial charge in [0.2, 0.25) is 0 Å². The van der Waals surface area contributed by atoms with Crippen LogP contribution in [0.4, 0.5) is 0 Å². The molecule has 1 heterocycles. The quantitative estimate of drug-likeness (QED) is 0.701. The molecule has 0 atom stereocenters. The van der Waals surface area contributed by atoms with Crippen molar-refractivity contribution in [1.82, 2.24) is 10.2 Å². The number of primary amides is 1. The summed E-state index contributed by atoms with van der Waals surface area (Å²) in [4.78, 5) is 10.8. The largest absolute Gasteiger partial charge is 0.364 e. The van der Waals surface area contributed by atoms with Crippen LogP contribution in [-0.2, 0) is 0 Å². The molecule has 1 amide bonds. The summed E-state index contributed by atoms with van der Waals surface area (Å²) in [6.07, 6.45) is 1.56. The van der Waals surface area contributed by atoms with Crippen LogP contribution in [0.5, 0.6) is 0 Å². The van der Waals surface area contributed by atoms with E-state index in [2.05, 4.69) is 10.2 Å². The molecule has 2 N–H and O–H groups in total. The summed E-state index contributed by atoms with van der Waals surface area (Å²) in [7, 11) is 0. The molecule has 0 saturated heterocycles. The smallest absolute Gasteiger partial charge is 0.269 e. The molecule has 0 aliphatic carbocycles. The van der Waals surface area contributed by atoms with Gasteiger partial charge < -0.3 is 5.73 Å². The summed E-state index contributed by atoms with van der Waals surface area (Å²) in [5.41, 5.74) is 6.23. The molecule has 4 nitrogen and oxygen atoms in total. The van der Waals surface area contributed by atoms with Crippen LogP contribution in [0.3, 0.4) is 0 Å². The number of aromatic nitrogens is 2. The van der Waals surface area contributed by atoms with Crippen molar-refractivity contribution in [2.75, 3.05) is 0 Å². The highest BCUT2D eigenvalue weighted by Gasteiger charge is 2.11. The standard InChI is InChI=1S/C8H11N3O/c1-5(2)6-3-4-10-11-7(6)8(9)12/h3-5H,1-2H3,(H2,9,12). The third kappa shape index (κ3) is 1.58. The normalized spacial score (nSPS) is 10.2. The second-order valence-electron chi connectivity index (χ2n) is 2.85. The molecule has 0 bridgehead atoms. The summed E-state index contributed by atoms with van der Waals surface area (Å²) in [5, 5.41) is 7.27. The van der Waals surface area contributed by atoms with Crippen molar-refractivity contribution in [2.24, 2.45) is 5.73 Å². The fourth-order valence-electron chi connectivity index (χ4n) is 0.999. The third-order valence-corrected chi connectivity index (χ3v) is 1.61. The van der Waals surface area contributed by atoms with Crippen molar-refractivity contribution in [3.8, 4) is 0 Å². The fourth-order valence-corrected chi connectivity index (χ4v) is 0.999. The molecule has 12 heavy (non-hydrogen) atoms. The molecule has 4 heteroatoms. The maximum atomic E-state index is 10.8. The molecule has 1 aromatic heterocycles. The van der Waals surface area contributed by atoms with E-state index in [1.807, 2.05) is 13.8 Å². The topological polar surface area (TPSA) is 68.9 Å². The number of carbonyl (C=O) groups excluding carboxylic acids is 1. The molecular weight excluding hydrogens is 154 g/mol. The first-order chi connectivity index (χ1) is 5.63. The third-order valence-electron chi connectivity index (χ3n) is 1.61. The van der Waals surface area contributed by atoms with Gasteiger partial charge in [0.1, 0.15) is 0 Å². The number of amides is 1. The van der Waals surface area contributed by atoms with Gasteiger partial charge in [-0.3, -0.25) is 4.79 Å². The first-order valence-corrected chi connectivity index (χ1v) is 3.74. The Morgan fingerprint density at radius 2 is 2.25 bits per heavy atom. The van der Waals surface area contributed by atoms with Crippen molar-refractivity contribution in [3.63, 3.8) is 0 Å². The van der Waals surface area contributed by atoms with Gasteiger partial charge in [-0.15, -0.1) is 5.10 Å². The molecule has 0 aliphatic rings. The molecular formula is C8H11N3O. The van der Waals surface area contributed by atoms with Crippen molar-refractivity contribution in [3.05, 3.63) is 23.5 Å². The molecule has 0 radical (unpaired) electrons. The van der Waals surface area contributed by atoms with Crippen molar-refractivity contribution in [1.29, 1.82) is 0 Å². The predicted octanol–water partition coefficient (Wildman–Crippen LogP) is 0.699. The average Bonchev–Trinajstić information content (AvgIpc) is 2.04. The van der Waals surface area contributed by atoms with Crippen molar-refractivity contribution >= 4 is 5.91 Å². The fraction of sp³-hybridized carbons (Fsp3) is 0.375. The molecule has 1 rings (SSSR count). The van der Waals surface area contributed by atoms with E-state index in [0.29, 0.717) is 0 Å². The van der Waals surface area contributed by atoms with Gasteiger partial charge in [-0.2, -0.15) is 5.10 Å². The van der Waals surface area contributed by atoms with Gasteiger partial charge in [0.25, 0.3) is 5.91 Å². The Hall–Kier alpha value is -1.45. The van der Waals surface area contributed by atoms with Crippen LogP contribution in [0, 0.1) is 0 Å². The number of nitrogens with zero attached hydrogens (tertiary/aromatic N) is 2. The number of nitrogens with two attached hydrogens (primary N) is 1. The van der Waals surface area contributed by atoms with E-state index in [1.54, 1.807) is 12.3 Å². The van der Waals surface area contributed by atoms with E-state index in [1.165, 1.54) is 0 Å². The van der Waals surface area contributed by atoms with Crippen LogP contribution >= 0.6 is 0 Å². The Labute approximate surface area is 70.8 Å². The SMILES string of the molecule is CC(C)c1ccnnc1C(N)=O. The Morgan fingerprint density at radius 1 is 1.58 bits per heavy atom. The Bertz CT molecular complexity index is 296. The minimum Gasteiger partial charge on any atom is -0.364 e. The van der Waals surface area contributed by atoms with Crippen LogP contribution in [0.25, 0.3) is 0 Å². The van der Waals surface area contributed by atoms with Gasteiger partial charge in [0, 0.05) is 6.20 Å². The monoisotopic (exact) mass is 165 g/mol. The molecule has 64 valence electrons. The maximum absolute atomic E-state index is 10.8. The van der Waals surface area contributed by atoms with Crippen LogP contribution in [-0.4, -0.2) is 16.1 Å². The van der Waals surface area contributed by atoms with Crippen molar-refractivity contribution in [2.45, 2.75) is 19.8 Å². The number of hydrogen-bond acceptors (Lipinski definition) is 3. The van der Waals surface area contributed by atoms with E-state index >= 15 is 0 Å². The minimum absolute atomic E-state index is 0.239. The van der Waals surface area contributed by atoms with Gasteiger partial charge in [0.15, 0.2) is 5.69 Å². The van der Waals surface area contributed by atoms with Crippen LogP contribution in [0.2, 0.25) is 0 Å². The molecule has 1 aromatic rings. The summed E-state index contributed by atoms with van der Waals surface area (Å²) in [6, 6.07) is 1.76. The molecule has 0 unspecified atom stereocenters. The molecule has 0 aromatic carbocycles. The lowest BCUT2D eigenvalue weighted by Gasteiger charge is -2.06. The number of carbonyl (C=O) groups is 1. The van der Waals surface area contributed by atoms with Crippen LogP contribution in [0.1, 0.15) is 35.8 Å². The second-order valence-corrected chi connectivity index (χ2v) is 2.85. The zero-order valence-electron chi connectivity index (χ0n) is 7.11. The summed E-state index contributed by atoms with van der Waals surface area (Å²) in [5.74, 6) is -0.283. The average molecular weight is 165 g/mol. The lowest BCUT2D eigenvalue weighted by molar-refractivity contribution is 0.0993. The molecule has 0 spiro atoms. The first-order valence-electron chi connectivity index (χ1n) is 3.74. The van der Waals surface area contributed by atoms with Gasteiger partial charge in [-0.1, -0.05) is 13.8 Å². The lowest BCUT2D eigenvalue weighted by atomic mass is 10.0. The minimum atomic E-state index is -0.521. The predicted molar refractivity (Wildman–Crippen MR) is 44.6 cm³/mol. The lowest BCUT2D eigenvalue weighted by Crippen LogP contribution is -2.17.